The molecule has 0 aliphatic heterocycles. The molecule has 20 heavy (non-hydrogen) atoms. The molecule has 4 aromatic rings. The number of fused-ring (bicyclic) bond motifs is 1. The van der Waals surface area contributed by atoms with Gasteiger partial charge in [0.25, 0.3) is 0 Å². The molecule has 5 nitrogen and oxygen atoms in total. The molecule has 0 aliphatic rings. The average molecular weight is 279 g/mol. The molecular formula is C14H9N5S. The van der Waals surface area contributed by atoms with E-state index < -0.39 is 0 Å². The minimum atomic E-state index is 0.638. The van der Waals surface area contributed by atoms with Crippen LogP contribution in [0.1, 0.15) is 0 Å². The summed E-state index contributed by atoms with van der Waals surface area (Å²) in [6, 6.07) is 9.83. The molecule has 0 aliphatic carbocycles. The Balaban J connectivity index is 1.88. The van der Waals surface area contributed by atoms with Crippen molar-refractivity contribution < 1.29 is 0 Å². The van der Waals surface area contributed by atoms with Crippen molar-refractivity contribution in [2.75, 3.05) is 0 Å². The van der Waals surface area contributed by atoms with Crippen molar-refractivity contribution in [3.63, 3.8) is 0 Å². The Morgan fingerprint density at radius 3 is 2.85 bits per heavy atom. The van der Waals surface area contributed by atoms with Crippen molar-refractivity contribution in [2.24, 2.45) is 0 Å². The van der Waals surface area contributed by atoms with Crippen LogP contribution in [-0.4, -0.2) is 25.1 Å². The first-order valence-electron chi connectivity index (χ1n) is 6.08. The van der Waals surface area contributed by atoms with E-state index in [1.165, 1.54) is 0 Å². The highest BCUT2D eigenvalue weighted by atomic mass is 32.1. The summed E-state index contributed by atoms with van der Waals surface area (Å²) in [4.78, 5) is 14.3. The first-order chi connectivity index (χ1) is 9.92. The van der Waals surface area contributed by atoms with Crippen molar-refractivity contribution >= 4 is 22.4 Å². The van der Waals surface area contributed by atoms with Crippen LogP contribution in [0.5, 0.6) is 0 Å². The lowest BCUT2D eigenvalue weighted by atomic mass is 10.1. The summed E-state index contributed by atoms with van der Waals surface area (Å²) < 4.78 is 0. The maximum atomic E-state index is 4.55. The van der Waals surface area contributed by atoms with Crippen molar-refractivity contribution in [2.45, 2.75) is 0 Å². The van der Waals surface area contributed by atoms with E-state index in [0.717, 1.165) is 27.3 Å². The number of hydrogen-bond acceptors (Lipinski definition) is 5. The van der Waals surface area contributed by atoms with Gasteiger partial charge in [-0.1, -0.05) is 12.1 Å². The summed E-state index contributed by atoms with van der Waals surface area (Å²) >= 11 is 1.63. The minimum absolute atomic E-state index is 0.638. The van der Waals surface area contributed by atoms with Gasteiger partial charge in [0.05, 0.1) is 15.9 Å². The molecule has 0 spiro atoms. The molecule has 0 bridgehead atoms. The Kier molecular flexibility index (Phi) is 2.53. The van der Waals surface area contributed by atoms with E-state index in [-0.39, 0.29) is 0 Å². The van der Waals surface area contributed by atoms with E-state index in [1.54, 1.807) is 23.7 Å². The molecule has 1 aromatic carbocycles. The van der Waals surface area contributed by atoms with E-state index in [1.807, 2.05) is 35.7 Å². The Morgan fingerprint density at radius 1 is 1.00 bits per heavy atom. The van der Waals surface area contributed by atoms with Gasteiger partial charge in [-0.25, -0.2) is 4.98 Å². The van der Waals surface area contributed by atoms with E-state index >= 15 is 0 Å². The standard InChI is InChI=1S/C14H9N5S/c1-3-9(12-10(4-1)15-6-7-16-12)13-17-14(19-18-13)11-5-2-8-20-11/h1-8H,(H,17,18,19). The third kappa shape index (κ3) is 1.78. The van der Waals surface area contributed by atoms with Crippen molar-refractivity contribution in [3.8, 4) is 22.1 Å². The Labute approximate surface area is 118 Å². The number of nitrogens with one attached hydrogen (secondary N) is 1. The number of aromatic nitrogens is 5. The first-order valence-corrected chi connectivity index (χ1v) is 6.96. The summed E-state index contributed by atoms with van der Waals surface area (Å²) in [7, 11) is 0. The van der Waals surface area contributed by atoms with E-state index in [2.05, 4.69) is 25.1 Å². The Hall–Kier alpha value is -2.60. The maximum absolute atomic E-state index is 4.55. The number of para-hydroxylation sites is 1. The van der Waals surface area contributed by atoms with Gasteiger partial charge in [-0.2, -0.15) is 5.10 Å². The molecule has 0 fully saturated rings. The quantitative estimate of drug-likeness (QED) is 0.612. The molecule has 96 valence electrons. The molecule has 3 heterocycles. The van der Waals surface area contributed by atoms with E-state index in [0.29, 0.717) is 5.82 Å². The molecule has 0 atom stereocenters. The fourth-order valence-electron chi connectivity index (χ4n) is 2.08. The second-order valence-corrected chi connectivity index (χ2v) is 5.16. The van der Waals surface area contributed by atoms with Crippen LogP contribution < -0.4 is 0 Å². The predicted molar refractivity (Wildman–Crippen MR) is 78.2 cm³/mol. The molecule has 3 aromatic heterocycles. The van der Waals surface area contributed by atoms with Gasteiger partial charge in [-0.3, -0.25) is 15.1 Å². The van der Waals surface area contributed by atoms with Crippen molar-refractivity contribution in [1.82, 2.24) is 25.1 Å². The van der Waals surface area contributed by atoms with Crippen LogP contribution in [0.4, 0.5) is 0 Å². The zero-order chi connectivity index (χ0) is 13.4. The summed E-state index contributed by atoms with van der Waals surface area (Å²) in [5.41, 5.74) is 2.54. The number of rotatable bonds is 2. The van der Waals surface area contributed by atoms with Crippen LogP contribution in [0.25, 0.3) is 33.1 Å². The molecule has 1 N–H and O–H groups in total. The van der Waals surface area contributed by atoms with Crippen molar-refractivity contribution in [1.29, 1.82) is 0 Å². The van der Waals surface area contributed by atoms with Gasteiger partial charge in [0.15, 0.2) is 11.6 Å². The highest BCUT2D eigenvalue weighted by Crippen LogP contribution is 2.26. The second kappa shape index (κ2) is 4.50. The molecule has 0 saturated carbocycles. The number of benzene rings is 1. The van der Waals surface area contributed by atoms with Gasteiger partial charge in [0.2, 0.25) is 0 Å². The highest BCUT2D eigenvalue weighted by molar-refractivity contribution is 7.13. The number of hydrogen-bond donors (Lipinski definition) is 1. The van der Waals surface area contributed by atoms with Crippen LogP contribution in [-0.2, 0) is 0 Å². The minimum Gasteiger partial charge on any atom is -0.258 e. The van der Waals surface area contributed by atoms with Crippen LogP contribution in [0, 0.1) is 0 Å². The van der Waals surface area contributed by atoms with Gasteiger partial charge in [-0.05, 0) is 23.6 Å². The topological polar surface area (TPSA) is 67.3 Å². The van der Waals surface area contributed by atoms with Gasteiger partial charge >= 0.3 is 0 Å². The number of aromatic amines is 1. The van der Waals surface area contributed by atoms with E-state index in [9.17, 15) is 0 Å². The first kappa shape index (κ1) is 11.2. The summed E-state index contributed by atoms with van der Waals surface area (Å²) in [6.07, 6.45) is 3.36. The van der Waals surface area contributed by atoms with Crippen LogP contribution in [0.3, 0.4) is 0 Å². The summed E-state index contributed by atoms with van der Waals surface area (Å²) in [5, 5.41) is 9.28. The summed E-state index contributed by atoms with van der Waals surface area (Å²) in [5.74, 6) is 1.41. The monoisotopic (exact) mass is 279 g/mol. The molecule has 0 amide bonds. The zero-order valence-corrected chi connectivity index (χ0v) is 11.1. The smallest absolute Gasteiger partial charge is 0.183 e. The van der Waals surface area contributed by atoms with Crippen LogP contribution in [0.2, 0.25) is 0 Å². The fourth-order valence-corrected chi connectivity index (χ4v) is 2.74. The lowest BCUT2D eigenvalue weighted by molar-refractivity contribution is 1.10. The highest BCUT2D eigenvalue weighted by Gasteiger charge is 2.12. The average Bonchev–Trinajstić information content (AvgIpc) is 3.17. The predicted octanol–water partition coefficient (Wildman–Crippen LogP) is 3.14. The van der Waals surface area contributed by atoms with Gasteiger partial charge in [0, 0.05) is 18.0 Å². The van der Waals surface area contributed by atoms with E-state index in [4.69, 9.17) is 0 Å². The van der Waals surface area contributed by atoms with Gasteiger partial charge in [0.1, 0.15) is 0 Å². The van der Waals surface area contributed by atoms with Crippen LogP contribution in [0.15, 0.2) is 48.1 Å². The summed E-state index contributed by atoms with van der Waals surface area (Å²) in [6.45, 7) is 0. The molecular weight excluding hydrogens is 270 g/mol. The van der Waals surface area contributed by atoms with Crippen molar-refractivity contribution in [3.05, 3.63) is 48.1 Å². The largest absolute Gasteiger partial charge is 0.258 e. The molecule has 0 saturated heterocycles. The number of thiophene rings is 1. The SMILES string of the molecule is c1csc(-c2nc(-c3cccc4nccnc34)n[nH]2)c1. The Morgan fingerprint density at radius 2 is 1.95 bits per heavy atom. The lowest BCUT2D eigenvalue weighted by Gasteiger charge is -2.00. The third-order valence-electron chi connectivity index (χ3n) is 2.98. The number of nitrogens with zero attached hydrogens (tertiary/aromatic N) is 4. The zero-order valence-electron chi connectivity index (χ0n) is 10.3. The third-order valence-corrected chi connectivity index (χ3v) is 3.86. The maximum Gasteiger partial charge on any atom is 0.183 e. The normalized spacial score (nSPS) is 11.0. The van der Waals surface area contributed by atoms with Gasteiger partial charge < -0.3 is 0 Å². The van der Waals surface area contributed by atoms with Gasteiger partial charge in [-0.15, -0.1) is 11.3 Å². The second-order valence-electron chi connectivity index (χ2n) is 4.21. The lowest BCUT2D eigenvalue weighted by Crippen LogP contribution is -1.88. The molecule has 0 radical (unpaired) electrons. The fraction of sp³-hybridized carbons (Fsp3) is 0. The number of H-pyrrole nitrogens is 1. The molecule has 4 rings (SSSR count). The molecule has 0 unspecified atom stereocenters. The molecule has 6 heteroatoms. The Bertz CT molecular complexity index is 861. The van der Waals surface area contributed by atoms with Crippen LogP contribution >= 0.6 is 11.3 Å².